The lowest BCUT2D eigenvalue weighted by atomic mass is 10.2. The number of hydrogen-bond donors (Lipinski definition) is 1. The molecule has 5 nitrogen and oxygen atoms in total. The van der Waals surface area contributed by atoms with Crippen LogP contribution in [0.2, 0.25) is 0 Å². The number of ether oxygens (including phenoxy) is 3. The van der Waals surface area contributed by atoms with Crippen molar-refractivity contribution in [1.82, 2.24) is 10.3 Å². The maximum absolute atomic E-state index is 5.17. The number of rotatable bonds is 7. The number of pyridine rings is 1. The zero-order valence-electron chi connectivity index (χ0n) is 10.8. The minimum atomic E-state index is -0.251. The number of aromatic nitrogens is 1. The highest BCUT2D eigenvalue weighted by Crippen LogP contribution is 2.09. The molecule has 1 heterocycles. The highest BCUT2D eigenvalue weighted by Gasteiger charge is 2.14. The van der Waals surface area contributed by atoms with Crippen LogP contribution in [0.4, 0.5) is 0 Å². The lowest BCUT2D eigenvalue weighted by Crippen LogP contribution is -2.39. The van der Waals surface area contributed by atoms with Crippen molar-refractivity contribution >= 4 is 0 Å². The molecule has 1 unspecified atom stereocenters. The molecule has 0 aliphatic rings. The SMILES string of the molecule is COc1cc(CNC(C)C(OC)OC)ccn1. The quantitative estimate of drug-likeness (QED) is 0.725. The molecule has 0 saturated heterocycles. The Balaban J connectivity index is 2.49. The van der Waals surface area contributed by atoms with Crippen molar-refractivity contribution in [3.63, 3.8) is 0 Å². The Labute approximate surface area is 102 Å². The molecule has 0 amide bonds. The number of nitrogens with one attached hydrogen (secondary N) is 1. The van der Waals surface area contributed by atoms with Gasteiger partial charge in [0.15, 0.2) is 6.29 Å². The third kappa shape index (κ3) is 4.30. The summed E-state index contributed by atoms with van der Waals surface area (Å²) in [6.45, 7) is 2.72. The molecule has 96 valence electrons. The van der Waals surface area contributed by atoms with E-state index in [1.165, 1.54) is 0 Å². The van der Waals surface area contributed by atoms with E-state index in [0.717, 1.165) is 5.56 Å². The van der Waals surface area contributed by atoms with Gasteiger partial charge < -0.3 is 19.5 Å². The maximum atomic E-state index is 5.17. The van der Waals surface area contributed by atoms with Gasteiger partial charge in [0.2, 0.25) is 5.88 Å². The van der Waals surface area contributed by atoms with Crippen LogP contribution in [0.15, 0.2) is 18.3 Å². The van der Waals surface area contributed by atoms with E-state index < -0.39 is 0 Å². The van der Waals surface area contributed by atoms with Crippen LogP contribution in [0.3, 0.4) is 0 Å². The van der Waals surface area contributed by atoms with Crippen LogP contribution in [0.25, 0.3) is 0 Å². The monoisotopic (exact) mass is 240 g/mol. The molecule has 0 bridgehead atoms. The van der Waals surface area contributed by atoms with Crippen LogP contribution in [0, 0.1) is 0 Å². The molecule has 5 heteroatoms. The second-order valence-electron chi connectivity index (χ2n) is 3.72. The van der Waals surface area contributed by atoms with Crippen LogP contribution >= 0.6 is 0 Å². The van der Waals surface area contributed by atoms with Gasteiger partial charge >= 0.3 is 0 Å². The summed E-state index contributed by atoms with van der Waals surface area (Å²) >= 11 is 0. The van der Waals surface area contributed by atoms with Crippen molar-refractivity contribution in [2.75, 3.05) is 21.3 Å². The maximum Gasteiger partial charge on any atom is 0.213 e. The molecule has 0 saturated carbocycles. The van der Waals surface area contributed by atoms with Gasteiger partial charge in [-0.2, -0.15) is 0 Å². The standard InChI is InChI=1S/C12H20N2O3/c1-9(12(16-3)17-4)14-8-10-5-6-13-11(7-10)15-2/h5-7,9,12,14H,8H2,1-4H3. The molecule has 0 radical (unpaired) electrons. The summed E-state index contributed by atoms with van der Waals surface area (Å²) in [6, 6.07) is 3.94. The Kier molecular flexibility index (Phi) is 5.90. The van der Waals surface area contributed by atoms with Crippen molar-refractivity contribution in [2.24, 2.45) is 0 Å². The second kappa shape index (κ2) is 7.21. The van der Waals surface area contributed by atoms with Crippen molar-refractivity contribution in [3.8, 4) is 5.88 Å². The first-order valence-corrected chi connectivity index (χ1v) is 5.49. The fraction of sp³-hybridized carbons (Fsp3) is 0.583. The van der Waals surface area contributed by atoms with Crippen molar-refractivity contribution < 1.29 is 14.2 Å². The zero-order valence-corrected chi connectivity index (χ0v) is 10.8. The molecule has 1 aromatic heterocycles. The van der Waals surface area contributed by atoms with E-state index in [1.807, 2.05) is 19.1 Å². The van der Waals surface area contributed by atoms with E-state index in [1.54, 1.807) is 27.5 Å². The Bertz CT molecular complexity index is 329. The second-order valence-corrected chi connectivity index (χ2v) is 3.72. The van der Waals surface area contributed by atoms with E-state index in [-0.39, 0.29) is 12.3 Å². The third-order valence-electron chi connectivity index (χ3n) is 2.51. The molecule has 1 N–H and O–H groups in total. The fourth-order valence-electron chi connectivity index (χ4n) is 1.55. The summed E-state index contributed by atoms with van der Waals surface area (Å²) < 4.78 is 15.4. The van der Waals surface area contributed by atoms with Gasteiger partial charge in [-0.1, -0.05) is 0 Å². The lowest BCUT2D eigenvalue weighted by Gasteiger charge is -2.22. The molecular formula is C12H20N2O3. The molecule has 1 atom stereocenters. The fourth-order valence-corrected chi connectivity index (χ4v) is 1.55. The first kappa shape index (κ1) is 13.9. The van der Waals surface area contributed by atoms with Gasteiger partial charge in [-0.25, -0.2) is 4.98 Å². The van der Waals surface area contributed by atoms with Gasteiger partial charge in [0.05, 0.1) is 13.2 Å². The van der Waals surface area contributed by atoms with Crippen LogP contribution < -0.4 is 10.1 Å². The van der Waals surface area contributed by atoms with E-state index in [2.05, 4.69) is 10.3 Å². The van der Waals surface area contributed by atoms with Crippen molar-refractivity contribution in [2.45, 2.75) is 25.8 Å². The van der Waals surface area contributed by atoms with E-state index in [0.29, 0.717) is 12.4 Å². The Morgan fingerprint density at radius 1 is 1.29 bits per heavy atom. The van der Waals surface area contributed by atoms with Gasteiger partial charge in [-0.05, 0) is 18.6 Å². The summed E-state index contributed by atoms with van der Waals surface area (Å²) in [5.41, 5.74) is 1.11. The third-order valence-corrected chi connectivity index (χ3v) is 2.51. The van der Waals surface area contributed by atoms with E-state index in [4.69, 9.17) is 14.2 Å². The van der Waals surface area contributed by atoms with Gasteiger partial charge in [0.1, 0.15) is 0 Å². The molecule has 0 fully saturated rings. The molecule has 0 aliphatic carbocycles. The van der Waals surface area contributed by atoms with Crippen molar-refractivity contribution in [1.29, 1.82) is 0 Å². The van der Waals surface area contributed by atoms with Gasteiger partial charge in [0, 0.05) is 33.0 Å². The molecule has 17 heavy (non-hydrogen) atoms. The molecule has 0 spiro atoms. The van der Waals surface area contributed by atoms with Crippen LogP contribution in [0.1, 0.15) is 12.5 Å². The smallest absolute Gasteiger partial charge is 0.213 e. The Morgan fingerprint density at radius 3 is 2.59 bits per heavy atom. The summed E-state index contributed by atoms with van der Waals surface area (Å²) in [5.74, 6) is 0.618. The average Bonchev–Trinajstić information content (AvgIpc) is 2.38. The Hall–Kier alpha value is -1.17. The molecule has 0 aromatic carbocycles. The van der Waals surface area contributed by atoms with E-state index in [9.17, 15) is 0 Å². The van der Waals surface area contributed by atoms with Gasteiger partial charge in [-0.15, -0.1) is 0 Å². The summed E-state index contributed by atoms with van der Waals surface area (Å²) in [4.78, 5) is 4.05. The van der Waals surface area contributed by atoms with Crippen molar-refractivity contribution in [3.05, 3.63) is 23.9 Å². The predicted molar refractivity (Wildman–Crippen MR) is 64.9 cm³/mol. The van der Waals surface area contributed by atoms with Crippen LogP contribution in [-0.4, -0.2) is 38.6 Å². The van der Waals surface area contributed by atoms with Crippen LogP contribution in [0.5, 0.6) is 5.88 Å². The highest BCUT2D eigenvalue weighted by molar-refractivity contribution is 5.20. The molecular weight excluding hydrogens is 220 g/mol. The number of nitrogens with zero attached hydrogens (tertiary/aromatic N) is 1. The first-order chi connectivity index (χ1) is 8.21. The molecule has 1 aromatic rings. The van der Waals surface area contributed by atoms with E-state index >= 15 is 0 Å². The zero-order chi connectivity index (χ0) is 12.7. The predicted octanol–water partition coefficient (Wildman–Crippen LogP) is 1.19. The normalized spacial score (nSPS) is 12.8. The average molecular weight is 240 g/mol. The Morgan fingerprint density at radius 2 is 2.00 bits per heavy atom. The minimum absolute atomic E-state index is 0.101. The number of methoxy groups -OCH3 is 3. The largest absolute Gasteiger partial charge is 0.481 e. The summed E-state index contributed by atoms with van der Waals surface area (Å²) in [7, 11) is 4.86. The highest BCUT2D eigenvalue weighted by atomic mass is 16.7. The van der Waals surface area contributed by atoms with Gasteiger partial charge in [0.25, 0.3) is 0 Å². The minimum Gasteiger partial charge on any atom is -0.481 e. The topological polar surface area (TPSA) is 52.6 Å². The molecule has 1 rings (SSSR count). The summed E-state index contributed by atoms with van der Waals surface area (Å²) in [6.07, 6.45) is 1.48. The molecule has 0 aliphatic heterocycles. The van der Waals surface area contributed by atoms with Crippen LogP contribution in [-0.2, 0) is 16.0 Å². The summed E-state index contributed by atoms with van der Waals surface area (Å²) in [5, 5.41) is 3.32. The van der Waals surface area contributed by atoms with Gasteiger partial charge in [-0.3, -0.25) is 0 Å². The number of hydrogen-bond acceptors (Lipinski definition) is 5. The first-order valence-electron chi connectivity index (χ1n) is 5.49. The lowest BCUT2D eigenvalue weighted by molar-refractivity contribution is -0.119.